The van der Waals surface area contributed by atoms with Crippen LogP contribution in [0.5, 0.6) is 0 Å². The molecule has 2 N–H and O–H groups in total. The predicted molar refractivity (Wildman–Crippen MR) is 70.4 cm³/mol. The van der Waals surface area contributed by atoms with Gasteiger partial charge in [-0.15, -0.1) is 0 Å². The van der Waals surface area contributed by atoms with Crippen LogP contribution in [0.15, 0.2) is 0 Å². The zero-order chi connectivity index (χ0) is 11.8. The zero-order valence-corrected chi connectivity index (χ0v) is 10.9. The Morgan fingerprint density at radius 1 is 1.12 bits per heavy atom. The minimum Gasteiger partial charge on any atom is -0.381 e. The van der Waals surface area contributed by atoms with E-state index in [1.165, 1.54) is 65.0 Å². The molecule has 0 aromatic rings. The highest BCUT2D eigenvalue weighted by Crippen LogP contribution is 2.06. The molecule has 0 bridgehead atoms. The van der Waals surface area contributed by atoms with Gasteiger partial charge in [0.05, 0.1) is 0 Å². The van der Waals surface area contributed by atoms with Crippen molar-refractivity contribution < 1.29 is 4.74 Å². The average molecular weight is 241 g/mol. The smallest absolute Gasteiger partial charge is 0.0480 e. The molecule has 0 aromatic carbocycles. The van der Waals surface area contributed by atoms with E-state index in [1.807, 2.05) is 0 Å². The number of nitrogens with one attached hydrogen (secondary N) is 2. The summed E-state index contributed by atoms with van der Waals surface area (Å²) in [6.45, 7) is 9.13. The molecule has 0 spiro atoms. The van der Waals surface area contributed by atoms with Crippen molar-refractivity contribution in [1.82, 2.24) is 15.5 Å². The maximum Gasteiger partial charge on any atom is 0.0480 e. The highest BCUT2D eigenvalue weighted by atomic mass is 16.5. The van der Waals surface area contributed by atoms with Crippen molar-refractivity contribution in [3.8, 4) is 0 Å². The third-order valence-electron chi connectivity index (χ3n) is 3.77. The first-order valence-electron chi connectivity index (χ1n) is 7.19. The van der Waals surface area contributed by atoms with Gasteiger partial charge >= 0.3 is 0 Å². The normalized spacial score (nSPS) is 24.0. The summed E-state index contributed by atoms with van der Waals surface area (Å²) in [5.41, 5.74) is 0. The van der Waals surface area contributed by atoms with Crippen LogP contribution in [0.3, 0.4) is 0 Å². The average Bonchev–Trinajstić information content (AvgIpc) is 2.41. The van der Waals surface area contributed by atoms with Crippen molar-refractivity contribution in [2.45, 2.75) is 31.7 Å². The van der Waals surface area contributed by atoms with E-state index in [0.717, 1.165) is 13.2 Å². The summed E-state index contributed by atoms with van der Waals surface area (Å²) in [6, 6.07) is 0.711. The standard InChI is InChI=1S/C13H27N3O/c1(2-8-16-9-6-14-7-10-16)5-15-13-3-11-17-12-4-13/h13-15H,1-12H2. The summed E-state index contributed by atoms with van der Waals surface area (Å²) in [4.78, 5) is 2.57. The second-order valence-corrected chi connectivity index (χ2v) is 5.14. The van der Waals surface area contributed by atoms with Crippen molar-refractivity contribution in [3.05, 3.63) is 0 Å². The van der Waals surface area contributed by atoms with Gasteiger partial charge in [0.25, 0.3) is 0 Å². The lowest BCUT2D eigenvalue weighted by Crippen LogP contribution is -2.43. The molecular formula is C13H27N3O. The van der Waals surface area contributed by atoms with Crippen molar-refractivity contribution in [3.63, 3.8) is 0 Å². The summed E-state index contributed by atoms with van der Waals surface area (Å²) in [5, 5.41) is 7.04. The molecule has 4 nitrogen and oxygen atoms in total. The third-order valence-corrected chi connectivity index (χ3v) is 3.77. The molecule has 2 heterocycles. The van der Waals surface area contributed by atoms with Crippen LogP contribution in [0.25, 0.3) is 0 Å². The van der Waals surface area contributed by atoms with Gasteiger partial charge in [0.15, 0.2) is 0 Å². The van der Waals surface area contributed by atoms with E-state index in [1.54, 1.807) is 0 Å². The molecule has 0 radical (unpaired) electrons. The molecular weight excluding hydrogens is 214 g/mol. The Hall–Kier alpha value is -0.160. The Morgan fingerprint density at radius 3 is 2.65 bits per heavy atom. The molecule has 0 aromatic heterocycles. The first kappa shape index (κ1) is 13.3. The molecule has 0 saturated carbocycles. The molecule has 0 amide bonds. The highest BCUT2D eigenvalue weighted by Gasteiger charge is 2.12. The monoisotopic (exact) mass is 241 g/mol. The van der Waals surface area contributed by atoms with Crippen LogP contribution in [0, 0.1) is 0 Å². The Balaban J connectivity index is 1.42. The fourth-order valence-electron chi connectivity index (χ4n) is 2.60. The Labute approximate surface area is 105 Å². The number of piperazine rings is 1. The molecule has 2 aliphatic heterocycles. The van der Waals surface area contributed by atoms with Gasteiger partial charge < -0.3 is 20.3 Å². The van der Waals surface area contributed by atoms with Crippen LogP contribution in [0.2, 0.25) is 0 Å². The number of ether oxygens (including phenoxy) is 1. The van der Waals surface area contributed by atoms with Crippen molar-refractivity contribution in [2.24, 2.45) is 0 Å². The van der Waals surface area contributed by atoms with Crippen LogP contribution < -0.4 is 10.6 Å². The molecule has 0 unspecified atom stereocenters. The zero-order valence-electron chi connectivity index (χ0n) is 10.9. The Kier molecular flexibility index (Phi) is 6.27. The maximum atomic E-state index is 5.35. The van der Waals surface area contributed by atoms with Gasteiger partial charge in [-0.3, -0.25) is 0 Å². The molecule has 2 rings (SSSR count). The van der Waals surface area contributed by atoms with E-state index in [0.29, 0.717) is 6.04 Å². The number of nitrogens with zero attached hydrogens (tertiary/aromatic N) is 1. The first-order chi connectivity index (χ1) is 8.45. The van der Waals surface area contributed by atoms with Crippen LogP contribution in [-0.2, 0) is 4.74 Å². The summed E-state index contributed by atoms with van der Waals surface area (Å²) in [7, 11) is 0. The first-order valence-corrected chi connectivity index (χ1v) is 7.19. The van der Waals surface area contributed by atoms with E-state index in [-0.39, 0.29) is 0 Å². The third kappa shape index (κ3) is 5.34. The van der Waals surface area contributed by atoms with E-state index in [4.69, 9.17) is 4.74 Å². The molecule has 17 heavy (non-hydrogen) atoms. The van der Waals surface area contributed by atoms with E-state index < -0.39 is 0 Å². The predicted octanol–water partition coefficient (Wildman–Crippen LogP) is 0.440. The molecule has 4 heteroatoms. The fraction of sp³-hybridized carbons (Fsp3) is 1.00. The molecule has 2 saturated heterocycles. The summed E-state index contributed by atoms with van der Waals surface area (Å²) >= 11 is 0. The number of rotatable bonds is 6. The van der Waals surface area contributed by atoms with Crippen LogP contribution in [0.1, 0.15) is 25.7 Å². The summed E-state index contributed by atoms with van der Waals surface area (Å²) in [5.74, 6) is 0. The van der Waals surface area contributed by atoms with Gasteiger partial charge in [-0.2, -0.15) is 0 Å². The molecule has 2 fully saturated rings. The second-order valence-electron chi connectivity index (χ2n) is 5.14. The summed E-state index contributed by atoms with van der Waals surface area (Å²) in [6.07, 6.45) is 5.02. The molecule has 0 atom stereocenters. The minimum atomic E-state index is 0.711. The Morgan fingerprint density at radius 2 is 1.88 bits per heavy atom. The van der Waals surface area contributed by atoms with Gasteiger partial charge in [0.2, 0.25) is 0 Å². The summed E-state index contributed by atoms with van der Waals surface area (Å²) < 4.78 is 5.35. The van der Waals surface area contributed by atoms with E-state index in [9.17, 15) is 0 Å². The number of hydrogen-bond donors (Lipinski definition) is 2. The highest BCUT2D eigenvalue weighted by molar-refractivity contribution is 4.71. The lowest BCUT2D eigenvalue weighted by Gasteiger charge is -2.27. The van der Waals surface area contributed by atoms with E-state index in [2.05, 4.69) is 15.5 Å². The topological polar surface area (TPSA) is 36.5 Å². The largest absolute Gasteiger partial charge is 0.381 e. The second kappa shape index (κ2) is 8.03. The number of unbranched alkanes of at least 4 members (excludes halogenated alkanes) is 1. The SMILES string of the molecule is C(CCN1CCNCC1)CNC1CCOCC1. The van der Waals surface area contributed by atoms with Gasteiger partial charge in [0.1, 0.15) is 0 Å². The molecule has 0 aliphatic carbocycles. The van der Waals surface area contributed by atoms with Gasteiger partial charge in [-0.25, -0.2) is 0 Å². The van der Waals surface area contributed by atoms with Crippen LogP contribution >= 0.6 is 0 Å². The maximum absolute atomic E-state index is 5.35. The van der Waals surface area contributed by atoms with Crippen LogP contribution in [0.4, 0.5) is 0 Å². The lowest BCUT2D eigenvalue weighted by atomic mass is 10.1. The minimum absolute atomic E-state index is 0.711. The van der Waals surface area contributed by atoms with E-state index >= 15 is 0 Å². The van der Waals surface area contributed by atoms with Gasteiger partial charge in [-0.05, 0) is 38.8 Å². The Bertz CT molecular complexity index is 169. The van der Waals surface area contributed by atoms with Crippen molar-refractivity contribution >= 4 is 0 Å². The fourth-order valence-corrected chi connectivity index (χ4v) is 2.60. The lowest BCUT2D eigenvalue weighted by molar-refractivity contribution is 0.0779. The van der Waals surface area contributed by atoms with Crippen molar-refractivity contribution in [2.75, 3.05) is 52.5 Å². The molecule has 2 aliphatic rings. The van der Waals surface area contributed by atoms with Crippen LogP contribution in [-0.4, -0.2) is 63.4 Å². The van der Waals surface area contributed by atoms with Crippen molar-refractivity contribution in [1.29, 1.82) is 0 Å². The molecule has 100 valence electrons. The van der Waals surface area contributed by atoms with Gasteiger partial charge in [0, 0.05) is 45.4 Å². The van der Waals surface area contributed by atoms with Gasteiger partial charge in [-0.1, -0.05) is 0 Å². The number of hydrogen-bond acceptors (Lipinski definition) is 4. The quantitative estimate of drug-likeness (QED) is 0.662.